The van der Waals surface area contributed by atoms with Crippen LogP contribution >= 0.6 is 0 Å². The van der Waals surface area contributed by atoms with E-state index < -0.39 is 0 Å². The summed E-state index contributed by atoms with van der Waals surface area (Å²) in [5.74, 6) is 0.774. The Balaban J connectivity index is 1.48. The van der Waals surface area contributed by atoms with Gasteiger partial charge in [-0.1, -0.05) is 0 Å². The molecule has 4 heteroatoms. The van der Waals surface area contributed by atoms with Gasteiger partial charge in [-0.25, -0.2) is 0 Å². The molecule has 2 rings (SSSR count). The van der Waals surface area contributed by atoms with Crippen molar-refractivity contribution < 1.29 is 9.21 Å². The van der Waals surface area contributed by atoms with E-state index in [4.69, 9.17) is 4.42 Å². The smallest absolute Gasteiger partial charge is 0.227 e. The van der Waals surface area contributed by atoms with Crippen molar-refractivity contribution in [2.24, 2.45) is 0 Å². The minimum absolute atomic E-state index is 0.0473. The molecular weight excluding hydrogens is 228 g/mol. The van der Waals surface area contributed by atoms with Crippen LogP contribution in [-0.2, 0) is 11.2 Å². The molecule has 1 fully saturated rings. The highest BCUT2D eigenvalue weighted by molar-refractivity contribution is 5.77. The van der Waals surface area contributed by atoms with E-state index in [1.54, 1.807) is 12.3 Å². The van der Waals surface area contributed by atoms with Crippen LogP contribution in [0.2, 0.25) is 0 Å². The Hall–Kier alpha value is -1.29. The molecule has 2 heterocycles. The largest absolute Gasteiger partial charge is 0.469 e. The molecule has 0 saturated carbocycles. The maximum atomic E-state index is 11.5. The predicted octanol–water partition coefficient (Wildman–Crippen LogP) is 1.81. The fourth-order valence-electron chi connectivity index (χ4n) is 2.33. The van der Waals surface area contributed by atoms with Gasteiger partial charge < -0.3 is 14.6 Å². The molecule has 0 unspecified atom stereocenters. The third-order valence-electron chi connectivity index (χ3n) is 3.34. The first-order valence-corrected chi connectivity index (χ1v) is 6.86. The average Bonchev–Trinajstić information content (AvgIpc) is 3.01. The van der Waals surface area contributed by atoms with Crippen molar-refractivity contribution >= 4 is 5.91 Å². The maximum Gasteiger partial charge on any atom is 0.227 e. The van der Waals surface area contributed by atoms with E-state index in [-0.39, 0.29) is 5.91 Å². The van der Waals surface area contributed by atoms with Gasteiger partial charge in [0.25, 0.3) is 0 Å². The van der Waals surface area contributed by atoms with Crippen LogP contribution in [0.1, 0.15) is 31.4 Å². The molecule has 1 aromatic heterocycles. The third-order valence-corrected chi connectivity index (χ3v) is 3.34. The van der Waals surface area contributed by atoms with Crippen molar-refractivity contribution in [2.45, 2.75) is 32.1 Å². The number of likely N-dealkylation sites (tertiary alicyclic amines) is 1. The average molecular weight is 250 g/mol. The minimum Gasteiger partial charge on any atom is -0.469 e. The lowest BCUT2D eigenvalue weighted by Gasteiger charge is -2.13. The summed E-state index contributed by atoms with van der Waals surface area (Å²) in [5, 5.41) is 2.93. The zero-order chi connectivity index (χ0) is 12.6. The highest BCUT2D eigenvalue weighted by Crippen LogP contribution is 2.08. The van der Waals surface area contributed by atoms with Crippen molar-refractivity contribution in [3.05, 3.63) is 24.2 Å². The van der Waals surface area contributed by atoms with Crippen LogP contribution in [0.5, 0.6) is 0 Å². The van der Waals surface area contributed by atoms with Gasteiger partial charge in [0, 0.05) is 6.54 Å². The van der Waals surface area contributed by atoms with E-state index in [1.165, 1.54) is 38.9 Å². The molecular formula is C14H22N2O2. The minimum atomic E-state index is 0.0473. The standard InChI is InChI=1S/C14H22N2O2/c17-14(12-13-6-5-11-18-13)15-7-1-2-8-16-9-3-4-10-16/h5-6,11H,1-4,7-10,12H2,(H,15,17). The second-order valence-electron chi connectivity index (χ2n) is 4.86. The third kappa shape index (κ3) is 4.53. The van der Waals surface area contributed by atoms with Crippen LogP contribution in [0.15, 0.2) is 22.8 Å². The molecule has 1 aromatic rings. The number of hydrogen-bond acceptors (Lipinski definition) is 3. The normalized spacial score (nSPS) is 16.0. The maximum absolute atomic E-state index is 11.5. The van der Waals surface area contributed by atoms with E-state index in [2.05, 4.69) is 10.2 Å². The summed E-state index contributed by atoms with van der Waals surface area (Å²) in [5.41, 5.74) is 0. The molecule has 0 radical (unpaired) electrons. The number of furan rings is 1. The van der Waals surface area contributed by atoms with E-state index in [0.717, 1.165) is 18.7 Å². The van der Waals surface area contributed by atoms with Crippen LogP contribution in [0, 0.1) is 0 Å². The summed E-state index contributed by atoms with van der Waals surface area (Å²) in [6, 6.07) is 3.63. The molecule has 1 aliphatic rings. The van der Waals surface area contributed by atoms with Gasteiger partial charge >= 0.3 is 0 Å². The second-order valence-corrected chi connectivity index (χ2v) is 4.86. The number of carbonyl (C=O) groups excluding carboxylic acids is 1. The number of hydrogen-bond donors (Lipinski definition) is 1. The molecule has 1 amide bonds. The Kier molecular flexibility index (Phi) is 5.27. The molecule has 0 bridgehead atoms. The lowest BCUT2D eigenvalue weighted by molar-refractivity contribution is -0.120. The van der Waals surface area contributed by atoms with Crippen molar-refractivity contribution in [3.8, 4) is 0 Å². The Morgan fingerprint density at radius 2 is 2.17 bits per heavy atom. The Morgan fingerprint density at radius 3 is 2.89 bits per heavy atom. The molecule has 0 aliphatic carbocycles. The van der Waals surface area contributed by atoms with Crippen molar-refractivity contribution in [3.63, 3.8) is 0 Å². The molecule has 1 N–H and O–H groups in total. The number of nitrogens with zero attached hydrogens (tertiary/aromatic N) is 1. The van der Waals surface area contributed by atoms with Gasteiger partial charge in [-0.2, -0.15) is 0 Å². The fraction of sp³-hybridized carbons (Fsp3) is 0.643. The van der Waals surface area contributed by atoms with Crippen molar-refractivity contribution in [1.82, 2.24) is 10.2 Å². The molecule has 0 aromatic carbocycles. The van der Waals surface area contributed by atoms with Crippen molar-refractivity contribution in [1.29, 1.82) is 0 Å². The van der Waals surface area contributed by atoms with Crippen LogP contribution < -0.4 is 5.32 Å². The zero-order valence-corrected chi connectivity index (χ0v) is 10.9. The van der Waals surface area contributed by atoms with Crippen LogP contribution in [0.3, 0.4) is 0 Å². The summed E-state index contributed by atoms with van der Waals surface area (Å²) in [4.78, 5) is 14.1. The molecule has 100 valence electrons. The lowest BCUT2D eigenvalue weighted by atomic mass is 10.2. The first-order valence-electron chi connectivity index (χ1n) is 6.86. The van der Waals surface area contributed by atoms with Gasteiger partial charge in [0.05, 0.1) is 12.7 Å². The number of rotatable bonds is 7. The topological polar surface area (TPSA) is 45.5 Å². The summed E-state index contributed by atoms with van der Waals surface area (Å²) in [6.07, 6.45) is 6.86. The van der Waals surface area contributed by atoms with Gasteiger partial charge in [-0.05, 0) is 57.5 Å². The van der Waals surface area contributed by atoms with Gasteiger partial charge in [0.1, 0.15) is 5.76 Å². The monoisotopic (exact) mass is 250 g/mol. The number of carbonyl (C=O) groups is 1. The first kappa shape index (κ1) is 13.1. The summed E-state index contributed by atoms with van der Waals surface area (Å²) in [7, 11) is 0. The Morgan fingerprint density at radius 1 is 1.33 bits per heavy atom. The SMILES string of the molecule is O=C(Cc1ccco1)NCCCCN1CCCC1. The predicted molar refractivity (Wildman–Crippen MR) is 70.3 cm³/mol. The highest BCUT2D eigenvalue weighted by atomic mass is 16.3. The van der Waals surface area contributed by atoms with E-state index in [9.17, 15) is 4.79 Å². The van der Waals surface area contributed by atoms with Gasteiger partial charge in [-0.15, -0.1) is 0 Å². The van der Waals surface area contributed by atoms with Crippen LogP contribution in [-0.4, -0.2) is 37.0 Å². The number of unbranched alkanes of at least 4 members (excludes halogenated alkanes) is 1. The highest BCUT2D eigenvalue weighted by Gasteiger charge is 2.10. The van der Waals surface area contributed by atoms with E-state index in [1.807, 2.05) is 6.07 Å². The van der Waals surface area contributed by atoms with E-state index in [0.29, 0.717) is 6.42 Å². The number of amides is 1. The molecule has 1 aliphatic heterocycles. The van der Waals surface area contributed by atoms with Gasteiger partial charge in [-0.3, -0.25) is 4.79 Å². The molecule has 18 heavy (non-hydrogen) atoms. The second kappa shape index (κ2) is 7.21. The summed E-state index contributed by atoms with van der Waals surface area (Å²) < 4.78 is 5.13. The molecule has 0 spiro atoms. The zero-order valence-electron chi connectivity index (χ0n) is 10.9. The summed E-state index contributed by atoms with van der Waals surface area (Å²) in [6.45, 7) is 4.46. The molecule has 0 atom stereocenters. The Bertz CT molecular complexity index is 343. The Labute approximate surface area is 108 Å². The first-order chi connectivity index (χ1) is 8.84. The van der Waals surface area contributed by atoms with Gasteiger partial charge in [0.15, 0.2) is 0 Å². The number of nitrogens with one attached hydrogen (secondary N) is 1. The van der Waals surface area contributed by atoms with Crippen LogP contribution in [0.4, 0.5) is 0 Å². The fourth-order valence-corrected chi connectivity index (χ4v) is 2.33. The van der Waals surface area contributed by atoms with E-state index >= 15 is 0 Å². The quantitative estimate of drug-likeness (QED) is 0.751. The van der Waals surface area contributed by atoms with Crippen molar-refractivity contribution in [2.75, 3.05) is 26.2 Å². The summed E-state index contributed by atoms with van der Waals surface area (Å²) >= 11 is 0. The van der Waals surface area contributed by atoms with Crippen LogP contribution in [0.25, 0.3) is 0 Å². The molecule has 4 nitrogen and oxygen atoms in total. The lowest BCUT2D eigenvalue weighted by Crippen LogP contribution is -2.27. The van der Waals surface area contributed by atoms with Gasteiger partial charge in [0.2, 0.25) is 5.91 Å². The molecule has 1 saturated heterocycles.